The molecule has 1 aliphatic rings. The standard InChI is InChI=1S/C19H17Cl3N6/c20-14-9-13(10-15(21)18(14)22)26-19-24-4-3-16(27-19)12-1-2-17(25-11-12)28-7-5-23-6-8-28/h1-4,9-11,23H,5-8H2,(H,24,26,27). The van der Waals surface area contributed by atoms with Gasteiger partial charge in [-0.2, -0.15) is 0 Å². The topological polar surface area (TPSA) is 66.0 Å². The Balaban J connectivity index is 1.53. The number of hydrogen-bond donors (Lipinski definition) is 2. The first-order valence-electron chi connectivity index (χ1n) is 8.77. The smallest absolute Gasteiger partial charge is 0.227 e. The lowest BCUT2D eigenvalue weighted by Gasteiger charge is -2.28. The largest absolute Gasteiger partial charge is 0.354 e. The fourth-order valence-corrected chi connectivity index (χ4v) is 3.55. The maximum Gasteiger partial charge on any atom is 0.227 e. The van der Waals surface area contributed by atoms with Crippen molar-refractivity contribution in [2.45, 2.75) is 0 Å². The highest BCUT2D eigenvalue weighted by molar-refractivity contribution is 6.48. The van der Waals surface area contributed by atoms with Gasteiger partial charge in [0, 0.05) is 49.8 Å². The van der Waals surface area contributed by atoms with E-state index in [2.05, 4.69) is 30.5 Å². The molecular weight excluding hydrogens is 419 g/mol. The summed E-state index contributed by atoms with van der Waals surface area (Å²) in [5.74, 6) is 1.40. The number of nitrogens with zero attached hydrogens (tertiary/aromatic N) is 4. The van der Waals surface area contributed by atoms with E-state index in [9.17, 15) is 0 Å². The maximum absolute atomic E-state index is 6.08. The Bertz CT molecular complexity index is 951. The third-order valence-corrected chi connectivity index (χ3v) is 5.58. The Kier molecular flexibility index (Phi) is 5.82. The van der Waals surface area contributed by atoms with Gasteiger partial charge in [-0.15, -0.1) is 0 Å². The summed E-state index contributed by atoms with van der Waals surface area (Å²) in [7, 11) is 0. The van der Waals surface area contributed by atoms with E-state index in [0.29, 0.717) is 26.7 Å². The van der Waals surface area contributed by atoms with E-state index in [1.165, 1.54) is 0 Å². The number of anilines is 3. The quantitative estimate of drug-likeness (QED) is 0.581. The molecule has 2 N–H and O–H groups in total. The van der Waals surface area contributed by atoms with E-state index in [-0.39, 0.29) is 0 Å². The first-order valence-corrected chi connectivity index (χ1v) is 9.90. The van der Waals surface area contributed by atoms with Gasteiger partial charge >= 0.3 is 0 Å². The van der Waals surface area contributed by atoms with Gasteiger partial charge in [-0.25, -0.2) is 15.0 Å². The van der Waals surface area contributed by atoms with Crippen molar-refractivity contribution in [2.24, 2.45) is 0 Å². The van der Waals surface area contributed by atoms with Gasteiger partial charge in [0.05, 0.1) is 20.8 Å². The molecule has 144 valence electrons. The molecule has 1 saturated heterocycles. The fraction of sp³-hybridized carbons (Fsp3) is 0.211. The number of hydrogen-bond acceptors (Lipinski definition) is 6. The zero-order valence-corrected chi connectivity index (χ0v) is 17.1. The molecule has 1 aromatic carbocycles. The van der Waals surface area contributed by atoms with Gasteiger partial charge in [0.2, 0.25) is 5.95 Å². The van der Waals surface area contributed by atoms with Crippen LogP contribution in [0.4, 0.5) is 17.5 Å². The molecule has 0 aliphatic carbocycles. The van der Waals surface area contributed by atoms with Crippen LogP contribution >= 0.6 is 34.8 Å². The zero-order chi connectivity index (χ0) is 19.5. The monoisotopic (exact) mass is 434 g/mol. The lowest BCUT2D eigenvalue weighted by Crippen LogP contribution is -2.43. The van der Waals surface area contributed by atoms with Crippen LogP contribution in [-0.4, -0.2) is 41.1 Å². The predicted molar refractivity (Wildman–Crippen MR) is 115 cm³/mol. The van der Waals surface area contributed by atoms with Crippen molar-refractivity contribution < 1.29 is 0 Å². The van der Waals surface area contributed by atoms with Crippen molar-refractivity contribution in [3.05, 3.63) is 57.8 Å². The Labute approximate surface area is 177 Å². The van der Waals surface area contributed by atoms with Crippen LogP contribution in [0.1, 0.15) is 0 Å². The molecule has 0 saturated carbocycles. The van der Waals surface area contributed by atoms with Crippen LogP contribution < -0.4 is 15.5 Å². The third-order valence-electron chi connectivity index (χ3n) is 4.38. The summed E-state index contributed by atoms with van der Waals surface area (Å²) in [6.45, 7) is 3.87. The molecule has 0 radical (unpaired) electrons. The molecule has 9 heteroatoms. The molecule has 0 bridgehead atoms. The second-order valence-corrected chi connectivity index (χ2v) is 7.48. The van der Waals surface area contributed by atoms with Crippen molar-refractivity contribution in [3.8, 4) is 11.3 Å². The molecule has 0 atom stereocenters. The van der Waals surface area contributed by atoms with Gasteiger partial charge in [0.1, 0.15) is 5.82 Å². The average molecular weight is 436 g/mol. The number of pyridine rings is 1. The first-order chi connectivity index (χ1) is 13.6. The molecule has 1 fully saturated rings. The molecule has 6 nitrogen and oxygen atoms in total. The lowest BCUT2D eigenvalue weighted by atomic mass is 10.2. The van der Waals surface area contributed by atoms with Gasteiger partial charge < -0.3 is 15.5 Å². The van der Waals surface area contributed by atoms with Crippen LogP contribution in [0.25, 0.3) is 11.3 Å². The summed E-state index contributed by atoms with van der Waals surface area (Å²) in [6, 6.07) is 9.24. The second kappa shape index (κ2) is 8.49. The normalized spacial score (nSPS) is 14.2. The number of nitrogens with one attached hydrogen (secondary N) is 2. The van der Waals surface area contributed by atoms with Gasteiger partial charge in [-0.1, -0.05) is 34.8 Å². The Morgan fingerprint density at radius 2 is 1.71 bits per heavy atom. The van der Waals surface area contributed by atoms with E-state index in [1.807, 2.05) is 24.4 Å². The molecule has 2 aromatic heterocycles. The Morgan fingerprint density at radius 1 is 0.964 bits per heavy atom. The fourth-order valence-electron chi connectivity index (χ4n) is 2.96. The van der Waals surface area contributed by atoms with Gasteiger partial charge in [-0.3, -0.25) is 0 Å². The summed E-state index contributed by atoms with van der Waals surface area (Å²) in [5, 5.41) is 7.48. The Morgan fingerprint density at radius 3 is 2.39 bits per heavy atom. The number of piperazine rings is 1. The molecule has 4 rings (SSSR count). The molecule has 3 heterocycles. The molecule has 0 unspecified atom stereocenters. The SMILES string of the molecule is Clc1cc(Nc2nccc(-c3ccc(N4CCNCC4)nc3)n2)cc(Cl)c1Cl. The molecule has 0 spiro atoms. The van der Waals surface area contributed by atoms with Crippen molar-refractivity contribution >= 4 is 52.3 Å². The average Bonchev–Trinajstić information content (AvgIpc) is 2.73. The van der Waals surface area contributed by atoms with Crippen molar-refractivity contribution in [1.82, 2.24) is 20.3 Å². The summed E-state index contributed by atoms with van der Waals surface area (Å²) >= 11 is 18.1. The van der Waals surface area contributed by atoms with Crippen molar-refractivity contribution in [2.75, 3.05) is 36.4 Å². The third kappa shape index (κ3) is 4.31. The molecule has 3 aromatic rings. The van der Waals surface area contributed by atoms with E-state index in [4.69, 9.17) is 34.8 Å². The van der Waals surface area contributed by atoms with Crippen molar-refractivity contribution in [1.29, 1.82) is 0 Å². The molecule has 28 heavy (non-hydrogen) atoms. The lowest BCUT2D eigenvalue weighted by molar-refractivity contribution is 0.585. The number of halogens is 3. The number of benzene rings is 1. The summed E-state index contributed by atoms with van der Waals surface area (Å²) in [6.07, 6.45) is 3.52. The molecule has 0 amide bonds. The minimum absolute atomic E-state index is 0.319. The van der Waals surface area contributed by atoms with E-state index in [0.717, 1.165) is 43.3 Å². The summed E-state index contributed by atoms with van der Waals surface area (Å²) in [5.41, 5.74) is 2.34. The van der Waals surface area contributed by atoms with E-state index < -0.39 is 0 Å². The molecular formula is C19H17Cl3N6. The van der Waals surface area contributed by atoms with Crippen LogP contribution in [0.3, 0.4) is 0 Å². The van der Waals surface area contributed by atoms with Crippen LogP contribution in [-0.2, 0) is 0 Å². The van der Waals surface area contributed by atoms with Crippen LogP contribution in [0.2, 0.25) is 15.1 Å². The Hall–Kier alpha value is -2.12. The van der Waals surface area contributed by atoms with Crippen molar-refractivity contribution in [3.63, 3.8) is 0 Å². The van der Waals surface area contributed by atoms with Gasteiger partial charge in [0.15, 0.2) is 0 Å². The minimum Gasteiger partial charge on any atom is -0.354 e. The number of rotatable bonds is 4. The maximum atomic E-state index is 6.08. The summed E-state index contributed by atoms with van der Waals surface area (Å²) in [4.78, 5) is 15.7. The second-order valence-electron chi connectivity index (χ2n) is 6.29. The van der Waals surface area contributed by atoms with Crippen LogP contribution in [0.15, 0.2) is 42.7 Å². The first kappa shape index (κ1) is 19.2. The number of aromatic nitrogens is 3. The van der Waals surface area contributed by atoms with E-state index in [1.54, 1.807) is 18.3 Å². The zero-order valence-electron chi connectivity index (χ0n) is 14.8. The van der Waals surface area contributed by atoms with Gasteiger partial charge in [-0.05, 0) is 30.3 Å². The summed E-state index contributed by atoms with van der Waals surface area (Å²) < 4.78 is 0. The molecule has 1 aliphatic heterocycles. The van der Waals surface area contributed by atoms with E-state index >= 15 is 0 Å². The highest BCUT2D eigenvalue weighted by atomic mass is 35.5. The highest BCUT2D eigenvalue weighted by Crippen LogP contribution is 2.34. The minimum atomic E-state index is 0.319. The predicted octanol–water partition coefficient (Wildman–Crippen LogP) is 4.65. The van der Waals surface area contributed by atoms with Gasteiger partial charge in [0.25, 0.3) is 0 Å². The van der Waals surface area contributed by atoms with Crippen LogP contribution in [0, 0.1) is 0 Å². The van der Waals surface area contributed by atoms with Crippen LogP contribution in [0.5, 0.6) is 0 Å². The highest BCUT2D eigenvalue weighted by Gasteiger charge is 2.12.